The summed E-state index contributed by atoms with van der Waals surface area (Å²) in [7, 11) is 0. The van der Waals surface area contributed by atoms with Crippen LogP contribution in [0.2, 0.25) is 0 Å². The first-order chi connectivity index (χ1) is 13.5. The summed E-state index contributed by atoms with van der Waals surface area (Å²) < 4.78 is 4.83. The van der Waals surface area contributed by atoms with Crippen LogP contribution < -0.4 is 0 Å². The normalized spacial score (nSPS) is 42.9. The molecule has 0 aromatic rings. The third kappa shape index (κ3) is 2.65. The van der Waals surface area contributed by atoms with Crippen LogP contribution in [0.25, 0.3) is 0 Å². The van der Waals surface area contributed by atoms with Crippen molar-refractivity contribution in [1.82, 2.24) is 0 Å². The minimum atomic E-state index is -1.95. The zero-order valence-corrected chi connectivity index (χ0v) is 17.1. The van der Waals surface area contributed by atoms with Crippen molar-refractivity contribution in [2.45, 2.75) is 58.2 Å². The van der Waals surface area contributed by atoms with Crippen LogP contribution in [0.15, 0.2) is 35.5 Å². The van der Waals surface area contributed by atoms with Crippen LogP contribution in [0.3, 0.4) is 0 Å². The molecule has 156 valence electrons. The number of Topliss-reactive ketones (excluding diaryl/α,β-unsaturated/α-hetero) is 1. The Hall–Kier alpha value is -2.05. The summed E-state index contributed by atoms with van der Waals surface area (Å²) in [4.78, 5) is 35.8. The number of aliphatic hydroxyl groups is 2. The quantitative estimate of drug-likeness (QED) is 0.555. The first kappa shape index (κ1) is 20.2. The maximum absolute atomic E-state index is 12.9. The fourth-order valence-electron chi connectivity index (χ4n) is 6.33. The van der Waals surface area contributed by atoms with Crippen LogP contribution in [0.5, 0.6) is 0 Å². The Bertz CT molecular complexity index is 882. The lowest BCUT2D eigenvalue weighted by Crippen LogP contribution is -2.59. The van der Waals surface area contributed by atoms with Crippen molar-refractivity contribution in [2.24, 2.45) is 22.7 Å². The summed E-state index contributed by atoms with van der Waals surface area (Å²) in [6, 6.07) is 0. The van der Waals surface area contributed by atoms with E-state index in [9.17, 15) is 24.6 Å². The van der Waals surface area contributed by atoms with Gasteiger partial charge < -0.3 is 14.9 Å². The molecule has 0 saturated heterocycles. The summed E-state index contributed by atoms with van der Waals surface area (Å²) in [6.07, 6.45) is 8.54. The first-order valence-corrected chi connectivity index (χ1v) is 10.3. The van der Waals surface area contributed by atoms with E-state index >= 15 is 0 Å². The monoisotopic (exact) mass is 400 g/mol. The molecular formula is C23H28O6. The highest BCUT2D eigenvalue weighted by atomic mass is 16.5. The van der Waals surface area contributed by atoms with E-state index in [0.717, 1.165) is 18.4 Å². The van der Waals surface area contributed by atoms with Crippen LogP contribution in [0.1, 0.15) is 46.5 Å². The molecule has 0 radical (unpaired) electrons. The number of rotatable bonds is 3. The van der Waals surface area contributed by atoms with Gasteiger partial charge in [-0.1, -0.05) is 30.2 Å². The predicted octanol–water partition coefficient (Wildman–Crippen LogP) is 2.05. The Morgan fingerprint density at radius 1 is 1.31 bits per heavy atom. The fraction of sp³-hybridized carbons (Fsp3) is 0.609. The van der Waals surface area contributed by atoms with Crippen LogP contribution in [0.4, 0.5) is 0 Å². The molecule has 4 aliphatic rings. The Kier molecular flexibility index (Phi) is 4.52. The Morgan fingerprint density at radius 2 is 2.03 bits per heavy atom. The van der Waals surface area contributed by atoms with E-state index in [0.29, 0.717) is 12.8 Å². The number of allylic oxidation sites excluding steroid dienone is 6. The van der Waals surface area contributed by atoms with Gasteiger partial charge in [-0.15, -0.1) is 0 Å². The van der Waals surface area contributed by atoms with Crippen molar-refractivity contribution in [2.75, 3.05) is 6.61 Å². The number of ether oxygens (including phenoxy) is 1. The third-order valence-electron chi connectivity index (χ3n) is 8.00. The molecule has 0 heterocycles. The number of carbonyl (C=O) groups excluding carboxylic acids is 3. The maximum atomic E-state index is 12.9. The van der Waals surface area contributed by atoms with Gasteiger partial charge in [0.1, 0.15) is 0 Å². The molecule has 4 unspecified atom stereocenters. The van der Waals surface area contributed by atoms with Crippen molar-refractivity contribution < 1.29 is 29.3 Å². The van der Waals surface area contributed by atoms with E-state index in [4.69, 9.17) is 4.74 Å². The molecule has 6 atom stereocenters. The number of hydrogen-bond donors (Lipinski definition) is 2. The summed E-state index contributed by atoms with van der Waals surface area (Å²) in [5.74, 6) is -1.20. The molecule has 6 nitrogen and oxygen atoms in total. The molecule has 0 bridgehead atoms. The average molecular weight is 400 g/mol. The fourth-order valence-corrected chi connectivity index (χ4v) is 6.33. The van der Waals surface area contributed by atoms with Crippen LogP contribution in [-0.4, -0.2) is 46.1 Å². The lowest BCUT2D eigenvalue weighted by Gasteiger charge is -2.53. The van der Waals surface area contributed by atoms with Crippen molar-refractivity contribution in [1.29, 1.82) is 0 Å². The molecule has 0 spiro atoms. The molecule has 0 aromatic carbocycles. The van der Waals surface area contributed by atoms with Gasteiger partial charge in [0.05, 0.1) is 6.10 Å². The van der Waals surface area contributed by atoms with Gasteiger partial charge in [-0.25, -0.2) is 0 Å². The third-order valence-corrected chi connectivity index (χ3v) is 8.00. The number of hydrogen-bond acceptors (Lipinski definition) is 6. The van der Waals surface area contributed by atoms with E-state index in [2.05, 4.69) is 13.0 Å². The molecule has 2 N–H and O–H groups in total. The standard InChI is InChI=1S/C23H28O6/c1-13(24)29-12-20(27)23(28)19(26)11-18-16-5-4-14-10-15(25)6-8-21(14,2)17(16)7-9-22(18,23)3/h6-8,10,16,18-19,26,28H,4-5,9,11-12H2,1-3H3/t16?,18?,19-,21?,22?,23+/m1/s1. The SMILES string of the molecule is CC(=O)OCC(=O)[C@@]1(O)[C@H](O)CC2C3CCC4=CC(=O)C=CC4(C)C3=CCC21C. The molecule has 6 heteroatoms. The zero-order chi connectivity index (χ0) is 21.2. The van der Waals surface area contributed by atoms with E-state index in [1.807, 2.05) is 13.0 Å². The molecule has 0 aromatic heterocycles. The summed E-state index contributed by atoms with van der Waals surface area (Å²) in [5, 5.41) is 22.2. The highest BCUT2D eigenvalue weighted by molar-refractivity contribution is 6.01. The Morgan fingerprint density at radius 3 is 2.72 bits per heavy atom. The van der Waals surface area contributed by atoms with E-state index < -0.39 is 35.5 Å². The van der Waals surface area contributed by atoms with Crippen molar-refractivity contribution >= 4 is 17.5 Å². The van der Waals surface area contributed by atoms with Gasteiger partial charge in [-0.2, -0.15) is 0 Å². The largest absolute Gasteiger partial charge is 0.458 e. The molecule has 0 amide bonds. The zero-order valence-electron chi connectivity index (χ0n) is 17.1. The highest BCUT2D eigenvalue weighted by Crippen LogP contribution is 2.65. The lowest BCUT2D eigenvalue weighted by molar-refractivity contribution is -0.174. The minimum absolute atomic E-state index is 0.0129. The number of carbonyl (C=O) groups is 3. The molecule has 2 fully saturated rings. The van der Waals surface area contributed by atoms with E-state index in [1.54, 1.807) is 12.2 Å². The summed E-state index contributed by atoms with van der Waals surface area (Å²) >= 11 is 0. The maximum Gasteiger partial charge on any atom is 0.303 e. The Balaban J connectivity index is 1.71. The summed E-state index contributed by atoms with van der Waals surface area (Å²) in [6.45, 7) is 4.65. The van der Waals surface area contributed by atoms with Gasteiger partial charge in [0.2, 0.25) is 5.78 Å². The van der Waals surface area contributed by atoms with Gasteiger partial charge in [-0.3, -0.25) is 14.4 Å². The summed E-state index contributed by atoms with van der Waals surface area (Å²) in [5.41, 5.74) is -0.805. The molecule has 0 aliphatic heterocycles. The Labute approximate surface area is 170 Å². The van der Waals surface area contributed by atoms with Crippen molar-refractivity contribution in [3.63, 3.8) is 0 Å². The van der Waals surface area contributed by atoms with Gasteiger partial charge in [-0.05, 0) is 56.6 Å². The van der Waals surface area contributed by atoms with E-state index in [1.165, 1.54) is 12.5 Å². The molecule has 2 saturated carbocycles. The topological polar surface area (TPSA) is 101 Å². The predicted molar refractivity (Wildman–Crippen MR) is 105 cm³/mol. The number of esters is 1. The second-order valence-electron chi connectivity index (χ2n) is 9.36. The van der Waals surface area contributed by atoms with Crippen LogP contribution in [-0.2, 0) is 19.1 Å². The van der Waals surface area contributed by atoms with E-state index in [-0.39, 0.29) is 23.0 Å². The first-order valence-electron chi connectivity index (χ1n) is 10.3. The molecule has 4 aliphatic carbocycles. The lowest BCUT2D eigenvalue weighted by atomic mass is 9.51. The second kappa shape index (κ2) is 6.47. The highest BCUT2D eigenvalue weighted by Gasteiger charge is 2.68. The molecular weight excluding hydrogens is 372 g/mol. The smallest absolute Gasteiger partial charge is 0.303 e. The average Bonchev–Trinajstić information content (AvgIpc) is 2.88. The molecule has 4 rings (SSSR count). The minimum Gasteiger partial charge on any atom is -0.458 e. The van der Waals surface area contributed by atoms with Crippen LogP contribution >= 0.6 is 0 Å². The second-order valence-corrected chi connectivity index (χ2v) is 9.36. The van der Waals surface area contributed by atoms with Gasteiger partial charge in [0, 0.05) is 17.8 Å². The molecule has 29 heavy (non-hydrogen) atoms. The van der Waals surface area contributed by atoms with Gasteiger partial charge >= 0.3 is 5.97 Å². The van der Waals surface area contributed by atoms with Crippen LogP contribution in [0, 0.1) is 22.7 Å². The van der Waals surface area contributed by atoms with Gasteiger partial charge in [0.15, 0.2) is 18.0 Å². The number of ketones is 2. The van der Waals surface area contributed by atoms with Crippen molar-refractivity contribution in [3.8, 4) is 0 Å². The number of fused-ring (bicyclic) bond motifs is 5. The van der Waals surface area contributed by atoms with Gasteiger partial charge in [0.25, 0.3) is 0 Å². The number of aliphatic hydroxyl groups excluding tert-OH is 1. The van der Waals surface area contributed by atoms with Crippen molar-refractivity contribution in [3.05, 3.63) is 35.5 Å².